The minimum atomic E-state index is -0.430. The second-order valence-corrected chi connectivity index (χ2v) is 6.48. The number of halogens is 2. The van der Waals surface area contributed by atoms with Gasteiger partial charge in [-0.2, -0.15) is 0 Å². The van der Waals surface area contributed by atoms with Gasteiger partial charge in [0.25, 0.3) is 11.1 Å². The van der Waals surface area contributed by atoms with E-state index < -0.39 is 11.1 Å². The normalized spacial score (nSPS) is 11.1. The maximum Gasteiger partial charge on any atom is 0.266 e. The second-order valence-electron chi connectivity index (χ2n) is 5.63. The van der Waals surface area contributed by atoms with Crippen LogP contribution in [0.5, 0.6) is 0 Å². The third-order valence-corrected chi connectivity index (χ3v) is 4.72. The maximum atomic E-state index is 13.2. The Labute approximate surface area is 152 Å². The summed E-state index contributed by atoms with van der Waals surface area (Å²) in [6, 6.07) is 19.0. The van der Waals surface area contributed by atoms with Crippen LogP contribution in [-0.4, -0.2) is 4.57 Å². The van der Waals surface area contributed by atoms with Crippen molar-refractivity contribution in [3.63, 3.8) is 0 Å². The van der Waals surface area contributed by atoms with Gasteiger partial charge in [-0.15, -0.1) is 0 Å². The van der Waals surface area contributed by atoms with E-state index in [9.17, 15) is 9.59 Å². The van der Waals surface area contributed by atoms with Gasteiger partial charge in [0.05, 0.1) is 10.7 Å². The first kappa shape index (κ1) is 15.9. The van der Waals surface area contributed by atoms with Gasteiger partial charge in [0.2, 0.25) is 0 Å². The zero-order valence-corrected chi connectivity index (χ0v) is 14.4. The van der Waals surface area contributed by atoms with Crippen LogP contribution in [0.2, 0.25) is 10.0 Å². The predicted molar refractivity (Wildman–Crippen MR) is 103 cm³/mol. The van der Waals surface area contributed by atoms with Gasteiger partial charge in [0, 0.05) is 15.8 Å². The molecule has 0 fully saturated rings. The molecule has 0 aliphatic carbocycles. The van der Waals surface area contributed by atoms with Gasteiger partial charge in [-0.1, -0.05) is 59.6 Å². The van der Waals surface area contributed by atoms with Gasteiger partial charge in [-0.25, -0.2) is 4.57 Å². The van der Waals surface area contributed by atoms with Gasteiger partial charge in [-0.3, -0.25) is 9.59 Å². The minimum Gasteiger partial charge on any atom is -0.268 e. The third kappa shape index (κ3) is 2.53. The van der Waals surface area contributed by atoms with Crippen molar-refractivity contribution in [2.75, 3.05) is 0 Å². The van der Waals surface area contributed by atoms with Crippen molar-refractivity contribution in [2.24, 2.45) is 0 Å². The van der Waals surface area contributed by atoms with Gasteiger partial charge < -0.3 is 0 Å². The zero-order chi connectivity index (χ0) is 17.6. The molecule has 0 unspecified atom stereocenters. The molecule has 3 nitrogen and oxygen atoms in total. The van der Waals surface area contributed by atoms with E-state index >= 15 is 0 Å². The fourth-order valence-electron chi connectivity index (χ4n) is 3.02. The largest absolute Gasteiger partial charge is 0.268 e. The van der Waals surface area contributed by atoms with Crippen molar-refractivity contribution in [1.82, 2.24) is 4.57 Å². The van der Waals surface area contributed by atoms with E-state index in [2.05, 4.69) is 0 Å². The Balaban J connectivity index is 2.36. The summed E-state index contributed by atoms with van der Waals surface area (Å²) in [5.74, 6) is 0. The lowest BCUT2D eigenvalue weighted by Gasteiger charge is -2.06. The highest BCUT2D eigenvalue weighted by Crippen LogP contribution is 2.24. The number of rotatable bonds is 1. The molecule has 25 heavy (non-hydrogen) atoms. The van der Waals surface area contributed by atoms with E-state index in [4.69, 9.17) is 23.2 Å². The molecule has 5 heteroatoms. The fourth-order valence-corrected chi connectivity index (χ4v) is 3.39. The monoisotopic (exact) mass is 367 g/mol. The lowest BCUT2D eigenvalue weighted by molar-refractivity contribution is 0.976. The molecule has 0 bridgehead atoms. The van der Waals surface area contributed by atoms with E-state index in [-0.39, 0.29) is 10.7 Å². The Morgan fingerprint density at radius 1 is 0.640 bits per heavy atom. The van der Waals surface area contributed by atoms with Crippen molar-refractivity contribution in [2.45, 2.75) is 0 Å². The first-order valence-corrected chi connectivity index (χ1v) is 8.36. The Bertz CT molecular complexity index is 1190. The topological polar surface area (TPSA) is 39.1 Å². The van der Waals surface area contributed by atoms with E-state index in [1.807, 2.05) is 24.3 Å². The average Bonchev–Trinajstić information content (AvgIpc) is 2.72. The fraction of sp³-hybridized carbons (Fsp3) is 0. The summed E-state index contributed by atoms with van der Waals surface area (Å²) < 4.78 is 1.10. The number of aromatic nitrogens is 1. The highest BCUT2D eigenvalue weighted by Gasteiger charge is 2.14. The van der Waals surface area contributed by atoms with E-state index in [0.29, 0.717) is 15.8 Å². The number of benzene rings is 3. The molecule has 1 heterocycles. The van der Waals surface area contributed by atoms with Gasteiger partial charge in [0.1, 0.15) is 0 Å². The SMILES string of the molecule is O=c1c2ccccc2c2ccccc2c(=O)n1-c1cc(Cl)ccc1Cl. The van der Waals surface area contributed by atoms with E-state index in [1.165, 1.54) is 6.07 Å². The maximum absolute atomic E-state index is 13.2. The molecule has 0 saturated heterocycles. The molecule has 0 aliphatic heterocycles. The van der Waals surface area contributed by atoms with Crippen LogP contribution in [0.1, 0.15) is 0 Å². The molecule has 3 aromatic carbocycles. The molecule has 0 N–H and O–H groups in total. The smallest absolute Gasteiger partial charge is 0.266 e. The summed E-state index contributed by atoms with van der Waals surface area (Å²) in [7, 11) is 0. The molecular weight excluding hydrogens is 357 g/mol. The standard InChI is InChI=1S/C20H11Cl2NO2/c21-12-9-10-17(22)18(11-12)23-19(24)15-7-3-1-5-13(15)14-6-2-4-8-16(14)20(23)25/h1-11H. The van der Waals surface area contributed by atoms with Crippen molar-refractivity contribution in [3.05, 3.63) is 97.5 Å². The summed E-state index contributed by atoms with van der Waals surface area (Å²) in [6.07, 6.45) is 0. The summed E-state index contributed by atoms with van der Waals surface area (Å²) in [6.45, 7) is 0. The minimum absolute atomic E-state index is 0.274. The van der Waals surface area contributed by atoms with E-state index in [1.54, 1.807) is 36.4 Å². The van der Waals surface area contributed by atoms with Crippen LogP contribution < -0.4 is 11.1 Å². The molecule has 0 spiro atoms. The molecule has 1 aromatic heterocycles. The van der Waals surface area contributed by atoms with Gasteiger partial charge in [-0.05, 0) is 41.1 Å². The Morgan fingerprint density at radius 2 is 1.12 bits per heavy atom. The molecule has 0 atom stereocenters. The van der Waals surface area contributed by atoms with Crippen LogP contribution in [0.3, 0.4) is 0 Å². The summed E-state index contributed by atoms with van der Waals surface area (Å²) in [4.78, 5) is 26.4. The molecule has 0 aliphatic rings. The summed E-state index contributed by atoms with van der Waals surface area (Å²) in [5, 5.41) is 3.00. The average molecular weight is 368 g/mol. The van der Waals surface area contributed by atoms with Crippen LogP contribution in [0.15, 0.2) is 76.3 Å². The number of fused-ring (bicyclic) bond motifs is 3. The lowest BCUT2D eigenvalue weighted by Crippen LogP contribution is -2.28. The predicted octanol–water partition coefficient (Wildman–Crippen LogP) is 4.81. The van der Waals surface area contributed by atoms with Crippen molar-refractivity contribution >= 4 is 44.7 Å². The Hall–Kier alpha value is -2.62. The van der Waals surface area contributed by atoms with Crippen LogP contribution in [0.25, 0.3) is 27.2 Å². The third-order valence-electron chi connectivity index (χ3n) is 4.16. The molecule has 0 saturated carbocycles. The molecule has 122 valence electrons. The summed E-state index contributed by atoms with van der Waals surface area (Å²) in [5.41, 5.74) is -0.586. The highest BCUT2D eigenvalue weighted by atomic mass is 35.5. The molecule has 0 radical (unpaired) electrons. The van der Waals surface area contributed by atoms with Crippen LogP contribution in [0.4, 0.5) is 0 Å². The lowest BCUT2D eigenvalue weighted by atomic mass is 10.1. The number of hydrogen-bond donors (Lipinski definition) is 0. The second kappa shape index (κ2) is 6.03. The Morgan fingerprint density at radius 3 is 1.64 bits per heavy atom. The van der Waals surface area contributed by atoms with Gasteiger partial charge >= 0.3 is 0 Å². The van der Waals surface area contributed by atoms with Gasteiger partial charge in [0.15, 0.2) is 0 Å². The van der Waals surface area contributed by atoms with Crippen molar-refractivity contribution in [1.29, 1.82) is 0 Å². The summed E-state index contributed by atoms with van der Waals surface area (Å²) >= 11 is 12.3. The Kier molecular flexibility index (Phi) is 3.83. The highest BCUT2D eigenvalue weighted by molar-refractivity contribution is 6.34. The number of hydrogen-bond acceptors (Lipinski definition) is 2. The van der Waals surface area contributed by atoms with E-state index in [0.717, 1.165) is 15.3 Å². The van der Waals surface area contributed by atoms with Crippen LogP contribution >= 0.6 is 23.2 Å². The molecule has 0 amide bonds. The zero-order valence-electron chi connectivity index (χ0n) is 12.9. The molecule has 4 aromatic rings. The van der Waals surface area contributed by atoms with Crippen molar-refractivity contribution < 1.29 is 0 Å². The molecule has 4 rings (SSSR count). The first-order chi connectivity index (χ1) is 12.1. The van der Waals surface area contributed by atoms with Crippen LogP contribution in [-0.2, 0) is 0 Å². The van der Waals surface area contributed by atoms with Crippen molar-refractivity contribution in [3.8, 4) is 5.69 Å². The molecular formula is C20H11Cl2NO2. The first-order valence-electron chi connectivity index (χ1n) is 7.60. The quantitative estimate of drug-likeness (QED) is 0.484. The van der Waals surface area contributed by atoms with Crippen LogP contribution in [0, 0.1) is 0 Å². The number of nitrogens with zero attached hydrogens (tertiary/aromatic N) is 1.